The molecule has 3 heterocycles. The maximum absolute atomic E-state index is 14.4. The van der Waals surface area contributed by atoms with Gasteiger partial charge in [-0.25, -0.2) is 9.68 Å². The lowest BCUT2D eigenvalue weighted by molar-refractivity contribution is -0.603. The number of hydrogen-bond donors (Lipinski definition) is 1. The fourth-order valence-corrected chi connectivity index (χ4v) is 6.41. The molecule has 0 radical (unpaired) electrons. The smallest absolute Gasteiger partial charge is 0.322 e. The van der Waals surface area contributed by atoms with Crippen molar-refractivity contribution in [1.29, 1.82) is 0 Å². The van der Waals surface area contributed by atoms with Crippen molar-refractivity contribution in [2.75, 3.05) is 85.7 Å². The van der Waals surface area contributed by atoms with E-state index in [9.17, 15) is 9.90 Å². The third-order valence-corrected chi connectivity index (χ3v) is 7.95. The number of aromatic hydroxyl groups is 1. The number of likely N-dealkylation sites (tertiary alicyclic amines) is 1. The summed E-state index contributed by atoms with van der Waals surface area (Å²) < 4.78 is 28.2. The SMILES string of the molecule is CC(C)(C)[C@@]12OO[C@]1(c1cccc(O)c1)N(C(=O)N1CCOCCOCCOCCOCCOCC1)CC2(C)C. The Kier molecular flexibility index (Phi) is 9.98. The van der Waals surface area contributed by atoms with Gasteiger partial charge in [-0.05, 0) is 12.1 Å². The molecule has 226 valence electrons. The van der Waals surface area contributed by atoms with E-state index in [2.05, 4.69) is 34.6 Å². The van der Waals surface area contributed by atoms with Gasteiger partial charge in [-0.1, -0.05) is 46.8 Å². The Morgan fingerprint density at radius 1 is 0.800 bits per heavy atom. The molecule has 3 aliphatic heterocycles. The highest BCUT2D eigenvalue weighted by molar-refractivity contribution is 5.77. The van der Waals surface area contributed by atoms with Crippen LogP contribution in [0.15, 0.2) is 24.3 Å². The summed E-state index contributed by atoms with van der Waals surface area (Å²) >= 11 is 0. The van der Waals surface area contributed by atoms with E-state index in [-0.39, 0.29) is 11.8 Å². The van der Waals surface area contributed by atoms with E-state index in [1.165, 1.54) is 0 Å². The molecule has 1 aromatic rings. The Hall–Kier alpha value is -1.99. The number of rotatable bonds is 1. The number of carbonyl (C=O) groups is 1. The normalized spacial score (nSPS) is 29.6. The second-order valence-electron chi connectivity index (χ2n) is 12.1. The average molecular weight is 567 g/mol. The van der Waals surface area contributed by atoms with Gasteiger partial charge in [0.15, 0.2) is 5.60 Å². The first-order chi connectivity index (χ1) is 19.1. The number of hydrogen-bond acceptors (Lipinski definition) is 9. The molecule has 3 aliphatic rings. The van der Waals surface area contributed by atoms with Crippen molar-refractivity contribution in [1.82, 2.24) is 9.80 Å². The monoisotopic (exact) mass is 566 g/mol. The average Bonchev–Trinajstić information content (AvgIpc) is 3.01. The summed E-state index contributed by atoms with van der Waals surface area (Å²) in [5.41, 5.74) is -2.34. The van der Waals surface area contributed by atoms with E-state index < -0.39 is 22.2 Å². The van der Waals surface area contributed by atoms with E-state index in [1.807, 2.05) is 6.07 Å². The van der Waals surface area contributed by atoms with Gasteiger partial charge in [0.25, 0.3) is 0 Å². The third kappa shape index (κ3) is 5.83. The standard InChI is InChI=1S/C29H46N2O9/c1-26(2,3)29-27(4,5)22-31(28(29,39-40-29)23-7-6-8-24(32)21-23)25(33)30-9-11-34-13-15-36-17-19-38-20-18-37-16-14-35-12-10-30/h6-8,21,32H,9-20,22H2,1-5H3/t28-,29-/m0/s1. The highest BCUT2D eigenvalue weighted by Crippen LogP contribution is 2.70. The van der Waals surface area contributed by atoms with Crippen molar-refractivity contribution >= 4 is 6.03 Å². The number of amides is 2. The molecule has 2 amide bonds. The van der Waals surface area contributed by atoms with Crippen LogP contribution < -0.4 is 0 Å². The summed E-state index contributed by atoms with van der Waals surface area (Å²) in [4.78, 5) is 30.0. The van der Waals surface area contributed by atoms with Crippen LogP contribution in [0.5, 0.6) is 5.75 Å². The van der Waals surface area contributed by atoms with Crippen LogP contribution in [0.4, 0.5) is 4.79 Å². The number of carbonyl (C=O) groups excluding carboxylic acids is 1. The van der Waals surface area contributed by atoms with Crippen LogP contribution >= 0.6 is 0 Å². The zero-order chi connectivity index (χ0) is 28.9. The van der Waals surface area contributed by atoms with Gasteiger partial charge < -0.3 is 33.7 Å². The largest absolute Gasteiger partial charge is 0.508 e. The molecule has 0 spiro atoms. The highest BCUT2D eigenvalue weighted by atomic mass is 17.3. The number of fused-ring (bicyclic) bond motifs is 1. The summed E-state index contributed by atoms with van der Waals surface area (Å²) in [7, 11) is 0. The zero-order valence-electron chi connectivity index (χ0n) is 24.6. The van der Waals surface area contributed by atoms with Gasteiger partial charge in [-0.2, -0.15) is 4.89 Å². The van der Waals surface area contributed by atoms with Gasteiger partial charge >= 0.3 is 6.03 Å². The van der Waals surface area contributed by atoms with Crippen molar-refractivity contribution < 1.29 is 43.4 Å². The van der Waals surface area contributed by atoms with Crippen LogP contribution in [0, 0.1) is 10.8 Å². The molecule has 0 bridgehead atoms. The van der Waals surface area contributed by atoms with Gasteiger partial charge in [0, 0.05) is 36.0 Å². The molecule has 1 N–H and O–H groups in total. The topological polar surface area (TPSA) is 108 Å². The lowest BCUT2D eigenvalue weighted by atomic mass is 9.57. The quantitative estimate of drug-likeness (QED) is 0.513. The van der Waals surface area contributed by atoms with Gasteiger partial charge in [0.05, 0.1) is 66.1 Å². The summed E-state index contributed by atoms with van der Waals surface area (Å²) in [6, 6.07) is 6.69. The molecule has 0 unspecified atom stereocenters. The Morgan fingerprint density at radius 3 is 1.73 bits per heavy atom. The van der Waals surface area contributed by atoms with Crippen molar-refractivity contribution in [3.63, 3.8) is 0 Å². The number of ether oxygens (including phenoxy) is 5. The van der Waals surface area contributed by atoms with Gasteiger partial charge in [-0.3, -0.25) is 4.90 Å². The molecule has 40 heavy (non-hydrogen) atoms. The van der Waals surface area contributed by atoms with Crippen molar-refractivity contribution in [3.05, 3.63) is 29.8 Å². The molecule has 1 aromatic carbocycles. The molecule has 0 aromatic heterocycles. The lowest BCUT2D eigenvalue weighted by Crippen LogP contribution is -2.76. The zero-order valence-corrected chi connectivity index (χ0v) is 24.6. The number of urea groups is 1. The molecule has 0 aliphatic carbocycles. The minimum atomic E-state index is -1.23. The maximum Gasteiger partial charge on any atom is 0.322 e. The van der Waals surface area contributed by atoms with Crippen LogP contribution in [0.1, 0.15) is 40.2 Å². The Balaban J connectivity index is 1.58. The van der Waals surface area contributed by atoms with E-state index >= 15 is 0 Å². The first-order valence-electron chi connectivity index (χ1n) is 14.2. The fourth-order valence-electron chi connectivity index (χ4n) is 6.41. The summed E-state index contributed by atoms with van der Waals surface area (Å²) in [5.74, 6) is 0.0941. The predicted molar refractivity (Wildman–Crippen MR) is 146 cm³/mol. The molecule has 11 heteroatoms. The molecule has 4 rings (SSSR count). The summed E-state index contributed by atoms with van der Waals surface area (Å²) in [6.07, 6.45) is 0. The van der Waals surface area contributed by atoms with Crippen molar-refractivity contribution in [3.8, 4) is 5.75 Å². The van der Waals surface area contributed by atoms with Crippen LogP contribution in [-0.4, -0.2) is 112 Å². The second-order valence-corrected chi connectivity index (χ2v) is 12.1. The van der Waals surface area contributed by atoms with E-state index in [4.69, 9.17) is 33.5 Å². The Labute approximate surface area is 237 Å². The number of phenols is 1. The molecule has 3 saturated heterocycles. The van der Waals surface area contributed by atoms with Crippen molar-refractivity contribution in [2.45, 2.75) is 45.9 Å². The van der Waals surface area contributed by atoms with E-state index in [1.54, 1.807) is 28.0 Å². The van der Waals surface area contributed by atoms with Crippen LogP contribution in [0.3, 0.4) is 0 Å². The fraction of sp³-hybridized carbons (Fsp3) is 0.759. The number of nitrogens with zero attached hydrogens (tertiary/aromatic N) is 2. The van der Waals surface area contributed by atoms with Crippen molar-refractivity contribution in [2.24, 2.45) is 10.8 Å². The Bertz CT molecular complexity index is 966. The lowest BCUT2D eigenvalue weighted by Gasteiger charge is -2.63. The number of benzene rings is 1. The predicted octanol–water partition coefficient (Wildman–Crippen LogP) is 3.15. The first-order valence-corrected chi connectivity index (χ1v) is 14.2. The van der Waals surface area contributed by atoms with Gasteiger partial charge in [0.2, 0.25) is 5.72 Å². The minimum absolute atomic E-state index is 0.0941. The summed E-state index contributed by atoms with van der Waals surface area (Å²) in [6.45, 7) is 15.9. The van der Waals surface area contributed by atoms with Crippen LogP contribution in [0.2, 0.25) is 0 Å². The Morgan fingerprint density at radius 2 is 1.30 bits per heavy atom. The first kappa shape index (κ1) is 31.0. The second kappa shape index (κ2) is 12.9. The van der Waals surface area contributed by atoms with E-state index in [0.29, 0.717) is 91.3 Å². The molecular formula is C29H46N2O9. The van der Waals surface area contributed by atoms with E-state index in [0.717, 1.165) is 0 Å². The molecule has 2 atom stereocenters. The van der Waals surface area contributed by atoms with Gasteiger partial charge in [-0.15, -0.1) is 0 Å². The molecule has 0 saturated carbocycles. The number of phenolic OH excluding ortho intramolecular Hbond substituents is 1. The third-order valence-electron chi connectivity index (χ3n) is 7.95. The van der Waals surface area contributed by atoms with Gasteiger partial charge in [0.1, 0.15) is 5.75 Å². The maximum atomic E-state index is 14.4. The molecule has 11 nitrogen and oxygen atoms in total. The van der Waals surface area contributed by atoms with Crippen LogP contribution in [0.25, 0.3) is 0 Å². The highest BCUT2D eigenvalue weighted by Gasteiger charge is 2.83. The molecular weight excluding hydrogens is 520 g/mol. The summed E-state index contributed by atoms with van der Waals surface area (Å²) in [5, 5.41) is 10.4. The van der Waals surface area contributed by atoms with Crippen LogP contribution in [-0.2, 0) is 39.2 Å². The minimum Gasteiger partial charge on any atom is -0.508 e. The molecule has 3 fully saturated rings.